The highest BCUT2D eigenvalue weighted by atomic mass is 16.4. The summed E-state index contributed by atoms with van der Waals surface area (Å²) in [6.45, 7) is 4.82. The largest absolute Gasteiger partial charge is 0.394 e. The van der Waals surface area contributed by atoms with Crippen LogP contribution in [0.15, 0.2) is 60.7 Å². The molecule has 0 aliphatic rings. The summed E-state index contributed by atoms with van der Waals surface area (Å²) in [7, 11) is 0. The van der Waals surface area contributed by atoms with Crippen LogP contribution >= 0.6 is 0 Å². The summed E-state index contributed by atoms with van der Waals surface area (Å²) in [6.07, 6.45) is -2.26. The van der Waals surface area contributed by atoms with Gasteiger partial charge in [0.25, 0.3) is 0 Å². The van der Waals surface area contributed by atoms with E-state index in [1.807, 2.05) is 50.2 Å². The lowest BCUT2D eigenvalue weighted by atomic mass is 9.71. The molecule has 6 N–H and O–H groups in total. The maximum Gasteiger partial charge on any atom is 0.126 e. The second-order valence-corrected chi connectivity index (χ2v) is 8.79. The quantitative estimate of drug-likeness (QED) is 0.293. The highest BCUT2D eigenvalue weighted by Crippen LogP contribution is 2.34. The molecule has 2 rings (SSSR count). The summed E-state index contributed by atoms with van der Waals surface area (Å²) >= 11 is 0. The first-order chi connectivity index (χ1) is 15.1. The fraction of sp³-hybridized carbons (Fsp3) is 0.462. The normalized spacial score (nSPS) is 18.7. The Labute approximate surface area is 190 Å². The van der Waals surface area contributed by atoms with E-state index in [0.717, 1.165) is 16.7 Å². The van der Waals surface area contributed by atoms with Gasteiger partial charge in [0.15, 0.2) is 0 Å². The van der Waals surface area contributed by atoms with Crippen LogP contribution in [0.4, 0.5) is 0 Å². The van der Waals surface area contributed by atoms with E-state index in [1.54, 1.807) is 31.2 Å². The summed E-state index contributed by atoms with van der Waals surface area (Å²) in [5.74, 6) is 0. The molecule has 0 aliphatic carbocycles. The van der Waals surface area contributed by atoms with Crippen LogP contribution in [0.1, 0.15) is 35.6 Å². The van der Waals surface area contributed by atoms with Gasteiger partial charge in [-0.3, -0.25) is 0 Å². The Balaban J connectivity index is 2.50. The van der Waals surface area contributed by atoms with Crippen LogP contribution < -0.4 is 0 Å². The molecule has 6 heteroatoms. The molecule has 2 aromatic rings. The third-order valence-corrected chi connectivity index (χ3v) is 5.99. The van der Waals surface area contributed by atoms with Crippen LogP contribution in [0.25, 0.3) is 0 Å². The van der Waals surface area contributed by atoms with Crippen molar-refractivity contribution >= 4 is 0 Å². The predicted molar refractivity (Wildman–Crippen MR) is 124 cm³/mol. The highest BCUT2D eigenvalue weighted by molar-refractivity contribution is 5.27. The Morgan fingerprint density at radius 2 is 1.28 bits per heavy atom. The molecule has 0 spiro atoms. The van der Waals surface area contributed by atoms with E-state index in [-0.39, 0.29) is 19.3 Å². The summed E-state index contributed by atoms with van der Waals surface area (Å²) in [4.78, 5) is 0. The first-order valence-electron chi connectivity index (χ1n) is 10.9. The molecule has 0 amide bonds. The van der Waals surface area contributed by atoms with Gasteiger partial charge >= 0.3 is 0 Å². The molecule has 0 heterocycles. The van der Waals surface area contributed by atoms with Crippen molar-refractivity contribution in [2.45, 2.75) is 69.5 Å². The van der Waals surface area contributed by atoms with Crippen LogP contribution in [0.2, 0.25) is 0 Å². The predicted octanol–water partition coefficient (Wildman–Crippen LogP) is 1.59. The van der Waals surface area contributed by atoms with Gasteiger partial charge in [-0.1, -0.05) is 71.8 Å². The van der Waals surface area contributed by atoms with E-state index in [9.17, 15) is 30.6 Å². The fourth-order valence-corrected chi connectivity index (χ4v) is 3.96. The van der Waals surface area contributed by atoms with Crippen molar-refractivity contribution in [3.05, 3.63) is 82.9 Å². The fourth-order valence-electron chi connectivity index (χ4n) is 3.96. The van der Waals surface area contributed by atoms with Gasteiger partial charge in [0.05, 0.1) is 6.61 Å². The van der Waals surface area contributed by atoms with Gasteiger partial charge in [-0.05, 0) is 38.3 Å². The minimum Gasteiger partial charge on any atom is -0.394 e. The number of aliphatic hydroxyl groups is 6. The minimum absolute atomic E-state index is 0.0106. The molecule has 5 atom stereocenters. The van der Waals surface area contributed by atoms with Crippen LogP contribution in [0.3, 0.4) is 0 Å². The van der Waals surface area contributed by atoms with Gasteiger partial charge in [0.1, 0.15) is 29.5 Å². The maximum absolute atomic E-state index is 11.6. The number of aryl methyl sites for hydroxylation is 2. The molecule has 0 aliphatic heterocycles. The van der Waals surface area contributed by atoms with Gasteiger partial charge in [0, 0.05) is 12.8 Å². The van der Waals surface area contributed by atoms with Crippen molar-refractivity contribution in [1.82, 2.24) is 0 Å². The standard InChI is InChI=1S/C26H36O6/c1-4-5-14-25(31,15-20-10-6-18(2)7-11-20)24(30)26(32,23(29)22(28)17-27)16-21-12-8-19(3)9-13-21/h4-13,22-24,27-32H,14-17H2,1-3H3/b5-4+/t22-,23+,24+,25?,26+/m0/s1. The lowest BCUT2D eigenvalue weighted by Gasteiger charge is -2.46. The van der Waals surface area contributed by atoms with Gasteiger partial charge in [-0.25, -0.2) is 0 Å². The van der Waals surface area contributed by atoms with Gasteiger partial charge in [0.2, 0.25) is 0 Å². The topological polar surface area (TPSA) is 121 Å². The van der Waals surface area contributed by atoms with Crippen molar-refractivity contribution < 1.29 is 30.6 Å². The Bertz CT molecular complexity index is 863. The monoisotopic (exact) mass is 444 g/mol. The smallest absolute Gasteiger partial charge is 0.126 e. The third kappa shape index (κ3) is 6.25. The Morgan fingerprint density at radius 1 is 0.812 bits per heavy atom. The molecule has 0 saturated carbocycles. The van der Waals surface area contributed by atoms with Crippen LogP contribution in [0.5, 0.6) is 0 Å². The minimum atomic E-state index is -2.33. The second-order valence-electron chi connectivity index (χ2n) is 8.79. The zero-order valence-corrected chi connectivity index (χ0v) is 19.0. The van der Waals surface area contributed by atoms with E-state index >= 15 is 0 Å². The van der Waals surface area contributed by atoms with Crippen LogP contribution in [0, 0.1) is 13.8 Å². The lowest BCUT2D eigenvalue weighted by molar-refractivity contribution is -0.228. The summed E-state index contributed by atoms with van der Waals surface area (Å²) in [6, 6.07) is 14.6. The molecule has 0 fully saturated rings. The van der Waals surface area contributed by atoms with Crippen molar-refractivity contribution in [3.8, 4) is 0 Å². The number of hydrogen-bond donors (Lipinski definition) is 6. The molecule has 6 nitrogen and oxygen atoms in total. The average Bonchev–Trinajstić information content (AvgIpc) is 2.79. The molecule has 2 aromatic carbocycles. The third-order valence-electron chi connectivity index (χ3n) is 5.99. The van der Waals surface area contributed by atoms with Crippen LogP contribution in [-0.2, 0) is 12.8 Å². The number of benzene rings is 2. The van der Waals surface area contributed by atoms with E-state index in [2.05, 4.69) is 0 Å². The maximum atomic E-state index is 11.6. The summed E-state index contributed by atoms with van der Waals surface area (Å²) < 4.78 is 0. The number of aliphatic hydroxyl groups excluding tert-OH is 4. The second kappa shape index (κ2) is 11.2. The molecule has 1 unspecified atom stereocenters. The zero-order valence-electron chi connectivity index (χ0n) is 19.0. The van der Waals surface area contributed by atoms with E-state index in [1.165, 1.54) is 0 Å². The number of allylic oxidation sites excluding steroid dienone is 1. The Hall–Kier alpha value is -2.06. The average molecular weight is 445 g/mol. The molecule has 32 heavy (non-hydrogen) atoms. The molecule has 0 aromatic heterocycles. The summed E-state index contributed by atoms with van der Waals surface area (Å²) in [5.41, 5.74) is -0.793. The summed E-state index contributed by atoms with van der Waals surface area (Å²) in [5, 5.41) is 64.8. The van der Waals surface area contributed by atoms with Crippen molar-refractivity contribution in [2.24, 2.45) is 0 Å². The molecule has 0 bridgehead atoms. The molecule has 0 radical (unpaired) electrons. The Kier molecular flexibility index (Phi) is 9.16. The SMILES string of the molecule is C/C=C/CC(O)(Cc1ccc(C)cc1)[C@@H](O)[C@@](O)(Cc1ccc(C)cc1)[C@H](O)[C@@H](O)CO. The van der Waals surface area contributed by atoms with Gasteiger partial charge in [-0.2, -0.15) is 0 Å². The van der Waals surface area contributed by atoms with Crippen LogP contribution in [-0.4, -0.2) is 66.8 Å². The van der Waals surface area contributed by atoms with Crippen molar-refractivity contribution in [1.29, 1.82) is 0 Å². The zero-order chi connectivity index (χ0) is 23.9. The number of rotatable bonds is 11. The molecular weight excluding hydrogens is 408 g/mol. The van der Waals surface area contributed by atoms with Crippen molar-refractivity contribution in [2.75, 3.05) is 6.61 Å². The lowest BCUT2D eigenvalue weighted by Crippen LogP contribution is -2.66. The molecule has 0 saturated heterocycles. The molecular formula is C26H36O6. The van der Waals surface area contributed by atoms with Gasteiger partial charge in [-0.15, -0.1) is 0 Å². The number of hydrogen-bond acceptors (Lipinski definition) is 6. The van der Waals surface area contributed by atoms with Gasteiger partial charge < -0.3 is 30.6 Å². The van der Waals surface area contributed by atoms with E-state index in [0.29, 0.717) is 5.56 Å². The van der Waals surface area contributed by atoms with E-state index < -0.39 is 36.1 Å². The first kappa shape index (κ1) is 26.2. The highest BCUT2D eigenvalue weighted by Gasteiger charge is 2.53. The first-order valence-corrected chi connectivity index (χ1v) is 10.9. The molecule has 176 valence electrons. The Morgan fingerprint density at radius 3 is 1.72 bits per heavy atom. The van der Waals surface area contributed by atoms with Crippen molar-refractivity contribution in [3.63, 3.8) is 0 Å². The van der Waals surface area contributed by atoms with E-state index in [4.69, 9.17) is 0 Å².